The minimum absolute atomic E-state index is 0.0439. The van der Waals surface area contributed by atoms with Crippen molar-refractivity contribution in [2.24, 2.45) is 0 Å². The Bertz CT molecular complexity index is 1710. The average Bonchev–Trinajstić information content (AvgIpc) is 3.14. The number of sulfone groups is 1. The summed E-state index contributed by atoms with van der Waals surface area (Å²) in [7, 11) is -3.00. The molecule has 0 atom stereocenters. The normalized spacial score (nSPS) is 12.2. The number of carboxylic acids is 1. The van der Waals surface area contributed by atoms with Crippen LogP contribution < -0.4 is 10.4 Å². The van der Waals surface area contributed by atoms with Crippen molar-refractivity contribution >= 4 is 38.6 Å². The molecule has 0 bridgehead atoms. The number of H-pyrrole nitrogens is 1. The van der Waals surface area contributed by atoms with E-state index in [-0.39, 0.29) is 43.8 Å². The van der Waals surface area contributed by atoms with Gasteiger partial charge in [-0.2, -0.15) is 0 Å². The van der Waals surface area contributed by atoms with Crippen LogP contribution in [0.25, 0.3) is 16.9 Å². The van der Waals surface area contributed by atoms with Gasteiger partial charge in [-0.15, -0.1) is 0 Å². The monoisotopic (exact) mass is 533 g/mol. The number of aromatic amines is 1. The number of carbonyl (C=O) groups is 1. The Kier molecular flexibility index (Phi) is 6.17. The van der Waals surface area contributed by atoms with Crippen molar-refractivity contribution in [1.29, 1.82) is 0 Å². The van der Waals surface area contributed by atoms with E-state index >= 15 is 0 Å². The second-order valence-electron chi connectivity index (χ2n) is 8.57. The van der Waals surface area contributed by atoms with Gasteiger partial charge in [0.25, 0.3) is 0 Å². The highest BCUT2D eigenvalue weighted by Crippen LogP contribution is 2.41. The Morgan fingerprint density at radius 1 is 1.22 bits per heavy atom. The lowest BCUT2D eigenvalue weighted by atomic mass is 10.0. The van der Waals surface area contributed by atoms with Gasteiger partial charge in [0, 0.05) is 6.07 Å². The summed E-state index contributed by atoms with van der Waals surface area (Å²) < 4.78 is 46.4. The summed E-state index contributed by atoms with van der Waals surface area (Å²) in [6, 6.07) is 8.95. The number of fused-ring (bicyclic) bond motifs is 1. The predicted molar refractivity (Wildman–Crippen MR) is 132 cm³/mol. The lowest BCUT2D eigenvalue weighted by Crippen LogP contribution is -2.30. The quantitative estimate of drug-likeness (QED) is 0.379. The van der Waals surface area contributed by atoms with Gasteiger partial charge >= 0.3 is 11.7 Å². The number of hydrogen-bond donors (Lipinski definition) is 2. The molecule has 0 spiro atoms. The highest BCUT2D eigenvalue weighted by atomic mass is 35.5. The van der Waals surface area contributed by atoms with Crippen LogP contribution in [0.4, 0.5) is 4.39 Å². The fraction of sp³-hybridized carbons (Fsp3) is 0.208. The number of ether oxygens (including phenoxy) is 1. The zero-order valence-electron chi connectivity index (χ0n) is 19.6. The number of imidazole rings is 1. The van der Waals surface area contributed by atoms with Gasteiger partial charge in [0.05, 0.1) is 28.1 Å². The Labute approximate surface area is 210 Å². The molecule has 0 saturated carbocycles. The van der Waals surface area contributed by atoms with Crippen molar-refractivity contribution in [2.75, 3.05) is 7.11 Å². The molecule has 0 aliphatic heterocycles. The molecule has 188 valence electrons. The number of rotatable bonds is 6. The van der Waals surface area contributed by atoms with Crippen molar-refractivity contribution in [3.63, 3.8) is 0 Å². The maximum atomic E-state index is 13.9. The number of nitrogens with zero attached hydrogens (tertiary/aromatic N) is 2. The molecule has 0 aliphatic carbocycles. The molecule has 36 heavy (non-hydrogen) atoms. The van der Waals surface area contributed by atoms with E-state index in [4.69, 9.17) is 16.3 Å². The van der Waals surface area contributed by atoms with Gasteiger partial charge < -0.3 is 14.8 Å². The highest BCUT2D eigenvalue weighted by Gasteiger charge is 2.40. The standard InChI is InChI=1S/C24H21ClFN3O6S/c1-12-8-16(22(30)31)27-21-20(12)28-23(32)29(21)17-11-19(18(35-4)10-15(17)25)36(33,34)24(2,3)13-6-5-7-14(26)9-13/h5-11H,1-4H3,(H,28,32)(H,30,31). The molecule has 0 fully saturated rings. The number of aromatic carboxylic acids is 1. The lowest BCUT2D eigenvalue weighted by Gasteiger charge is -2.27. The van der Waals surface area contributed by atoms with Crippen molar-refractivity contribution in [1.82, 2.24) is 14.5 Å². The number of carboxylic acid groups (broad SMARTS) is 1. The second-order valence-corrected chi connectivity index (χ2v) is 11.4. The number of methoxy groups -OCH3 is 1. The van der Waals surface area contributed by atoms with E-state index in [1.54, 1.807) is 6.92 Å². The second kappa shape index (κ2) is 8.75. The molecule has 2 heterocycles. The molecule has 9 nitrogen and oxygen atoms in total. The fourth-order valence-corrected chi connectivity index (χ4v) is 5.82. The average molecular weight is 534 g/mol. The Hall–Kier alpha value is -3.70. The van der Waals surface area contributed by atoms with Gasteiger partial charge in [-0.3, -0.25) is 0 Å². The number of aromatic nitrogens is 3. The first-order valence-electron chi connectivity index (χ1n) is 10.5. The van der Waals surface area contributed by atoms with Gasteiger partial charge in [-0.1, -0.05) is 23.7 Å². The van der Waals surface area contributed by atoms with E-state index in [0.29, 0.717) is 5.56 Å². The highest BCUT2D eigenvalue weighted by molar-refractivity contribution is 7.92. The van der Waals surface area contributed by atoms with Gasteiger partial charge in [0.1, 0.15) is 16.5 Å². The van der Waals surface area contributed by atoms with Crippen LogP contribution in [-0.4, -0.2) is 41.1 Å². The van der Waals surface area contributed by atoms with Crippen molar-refractivity contribution in [3.8, 4) is 11.4 Å². The molecule has 0 radical (unpaired) electrons. The third-order valence-electron chi connectivity index (χ3n) is 6.02. The van der Waals surface area contributed by atoms with E-state index in [2.05, 4.69) is 9.97 Å². The van der Waals surface area contributed by atoms with E-state index < -0.39 is 32.1 Å². The minimum atomic E-state index is -4.27. The predicted octanol–water partition coefficient (Wildman–Crippen LogP) is 4.23. The molecule has 0 amide bonds. The number of halogens is 2. The van der Waals surface area contributed by atoms with Crippen LogP contribution in [0.1, 0.15) is 35.5 Å². The fourth-order valence-electron chi connectivity index (χ4n) is 3.92. The molecule has 0 aliphatic rings. The maximum Gasteiger partial charge on any atom is 0.354 e. The molecule has 12 heteroatoms. The number of nitrogens with one attached hydrogen (secondary N) is 1. The van der Waals surface area contributed by atoms with E-state index in [1.165, 1.54) is 51.3 Å². The van der Waals surface area contributed by atoms with Gasteiger partial charge in [0.2, 0.25) is 0 Å². The van der Waals surface area contributed by atoms with Crippen molar-refractivity contribution in [2.45, 2.75) is 30.4 Å². The summed E-state index contributed by atoms with van der Waals surface area (Å²) in [5.74, 6) is -1.99. The molecule has 0 unspecified atom stereocenters. The first-order valence-corrected chi connectivity index (χ1v) is 12.4. The molecule has 2 aromatic carbocycles. The van der Waals surface area contributed by atoms with Crippen LogP contribution in [0.2, 0.25) is 5.02 Å². The first kappa shape index (κ1) is 25.4. The lowest BCUT2D eigenvalue weighted by molar-refractivity contribution is 0.0690. The largest absolute Gasteiger partial charge is 0.495 e. The third kappa shape index (κ3) is 3.94. The van der Waals surface area contributed by atoms with E-state index in [9.17, 15) is 27.5 Å². The number of pyridine rings is 1. The molecular weight excluding hydrogens is 513 g/mol. The number of hydrogen-bond acceptors (Lipinski definition) is 6. The molecule has 4 rings (SSSR count). The minimum Gasteiger partial charge on any atom is -0.495 e. The Morgan fingerprint density at radius 3 is 2.53 bits per heavy atom. The molecule has 4 aromatic rings. The van der Waals surface area contributed by atoms with Crippen LogP contribution in [0.5, 0.6) is 5.75 Å². The van der Waals surface area contributed by atoms with Gasteiger partial charge in [0.15, 0.2) is 21.2 Å². The molecular formula is C24H21ClFN3O6S. The van der Waals surface area contributed by atoms with Crippen LogP contribution in [-0.2, 0) is 14.6 Å². The third-order valence-corrected chi connectivity index (χ3v) is 8.80. The summed E-state index contributed by atoms with van der Waals surface area (Å²) >= 11 is 6.45. The van der Waals surface area contributed by atoms with Gasteiger partial charge in [-0.25, -0.2) is 31.9 Å². The van der Waals surface area contributed by atoms with E-state index in [0.717, 1.165) is 16.7 Å². The van der Waals surface area contributed by atoms with Crippen LogP contribution in [0.15, 0.2) is 52.2 Å². The molecule has 2 N–H and O–H groups in total. The maximum absolute atomic E-state index is 13.9. The van der Waals surface area contributed by atoms with Crippen LogP contribution in [0, 0.1) is 12.7 Å². The summed E-state index contributed by atoms with van der Waals surface area (Å²) in [5.41, 5.74) is -0.206. The van der Waals surface area contributed by atoms with Crippen molar-refractivity contribution in [3.05, 3.63) is 80.6 Å². The zero-order chi connectivity index (χ0) is 26.6. The summed E-state index contributed by atoms with van der Waals surface area (Å²) in [5, 5.41) is 9.38. The van der Waals surface area contributed by atoms with Gasteiger partial charge in [-0.05, 0) is 56.2 Å². The smallest absolute Gasteiger partial charge is 0.354 e. The Balaban J connectivity index is 2.03. The molecule has 0 saturated heterocycles. The van der Waals surface area contributed by atoms with Crippen molar-refractivity contribution < 1.29 is 27.4 Å². The summed E-state index contributed by atoms with van der Waals surface area (Å²) in [6.45, 7) is 4.45. The Morgan fingerprint density at radius 2 is 1.92 bits per heavy atom. The SMILES string of the molecule is COc1cc(Cl)c(-n2c(=O)[nH]c3c(C)cc(C(=O)O)nc32)cc1S(=O)(=O)C(C)(C)c1cccc(F)c1. The molecule has 2 aromatic heterocycles. The summed E-state index contributed by atoms with van der Waals surface area (Å²) in [4.78, 5) is 30.9. The van der Waals surface area contributed by atoms with Crippen LogP contribution >= 0.6 is 11.6 Å². The first-order chi connectivity index (χ1) is 16.8. The number of benzene rings is 2. The van der Waals surface area contributed by atoms with Crippen LogP contribution in [0.3, 0.4) is 0 Å². The zero-order valence-corrected chi connectivity index (χ0v) is 21.2. The summed E-state index contributed by atoms with van der Waals surface area (Å²) in [6.07, 6.45) is 0. The topological polar surface area (TPSA) is 131 Å². The number of aryl methyl sites for hydroxylation is 1. The van der Waals surface area contributed by atoms with E-state index in [1.807, 2.05) is 0 Å².